The molecule has 2 saturated heterocycles. The highest BCUT2D eigenvalue weighted by atomic mass is 19.1. The van der Waals surface area contributed by atoms with Gasteiger partial charge in [-0.05, 0) is 79.3 Å². The van der Waals surface area contributed by atoms with Crippen LogP contribution in [0.15, 0.2) is 77.4 Å². The first-order valence-electron chi connectivity index (χ1n) is 20.1. The predicted molar refractivity (Wildman–Crippen MR) is 222 cm³/mol. The number of aromatic amines is 1. The predicted octanol–water partition coefficient (Wildman–Crippen LogP) is 6.80. The molecule has 1 unspecified atom stereocenters. The van der Waals surface area contributed by atoms with Gasteiger partial charge in [0.25, 0.3) is 11.7 Å². The summed E-state index contributed by atoms with van der Waals surface area (Å²) in [6, 6.07) is 21.6. The van der Waals surface area contributed by atoms with Crippen LogP contribution in [0.3, 0.4) is 0 Å². The first kappa shape index (κ1) is 39.5. The first-order valence-corrected chi connectivity index (χ1v) is 20.1. The molecule has 5 heterocycles. The highest BCUT2D eigenvalue weighted by Crippen LogP contribution is 2.33. The van der Waals surface area contributed by atoms with E-state index < -0.39 is 17.7 Å². The topological polar surface area (TPSA) is 162 Å². The summed E-state index contributed by atoms with van der Waals surface area (Å²) < 4.78 is 20.3. The van der Waals surface area contributed by atoms with Crippen LogP contribution in [0, 0.1) is 12.7 Å². The summed E-state index contributed by atoms with van der Waals surface area (Å²) in [6.45, 7) is 14.2. The summed E-state index contributed by atoms with van der Waals surface area (Å²) in [5.74, 6) is -1.72. The zero-order valence-corrected chi connectivity index (χ0v) is 33.9. The summed E-state index contributed by atoms with van der Waals surface area (Å²) in [5.41, 5.74) is 8.49. The van der Waals surface area contributed by atoms with Crippen molar-refractivity contribution in [1.82, 2.24) is 40.9 Å². The average Bonchev–Trinajstić information content (AvgIpc) is 3.90. The lowest BCUT2D eigenvalue weighted by Crippen LogP contribution is -2.47. The van der Waals surface area contributed by atoms with Gasteiger partial charge in [0.2, 0.25) is 17.7 Å². The van der Waals surface area contributed by atoms with E-state index >= 15 is 4.39 Å². The van der Waals surface area contributed by atoms with Crippen molar-refractivity contribution >= 4 is 34.4 Å². The van der Waals surface area contributed by atoms with Gasteiger partial charge < -0.3 is 14.7 Å². The number of pyridine rings is 1. The molecule has 13 nitrogen and oxygen atoms in total. The number of anilines is 1. The number of imide groups is 1. The Hall–Kier alpha value is -6.28. The number of aryl methyl sites for hydroxylation is 1. The van der Waals surface area contributed by atoms with Crippen LogP contribution >= 0.6 is 0 Å². The quantitative estimate of drug-likeness (QED) is 0.126. The van der Waals surface area contributed by atoms with Gasteiger partial charge in [-0.25, -0.2) is 9.37 Å². The number of rotatable bonds is 10. The average molecular weight is 798 g/mol. The van der Waals surface area contributed by atoms with Crippen molar-refractivity contribution in [2.45, 2.75) is 71.3 Å². The number of piperazine rings is 1. The number of nitrogens with zero attached hydrogens (tertiary/aromatic N) is 6. The SMILES string of the molecule is Cc1cc(-c2n[nH]c3ncc(-c4ccc(N5CCN(CCc6ccc([C@H]7CCC(=O)NC7=O)c(F)c6)CC5)cc4)cc23)ccc1C(C)NC(=O)c1noc(C(C)(C)C)n1. The molecular formula is C45H48FN9O4. The molecule has 3 N–H and O–H groups in total. The Morgan fingerprint density at radius 3 is 2.44 bits per heavy atom. The van der Waals surface area contributed by atoms with E-state index in [1.54, 1.807) is 6.07 Å². The molecule has 6 aromatic rings. The van der Waals surface area contributed by atoms with Gasteiger partial charge in [-0.15, -0.1) is 0 Å². The maximum atomic E-state index is 15.0. The zero-order chi connectivity index (χ0) is 41.4. The standard InChI is InChI=1S/C45H48FN9O4/c1-26-22-30(9-13-33(26)27(2)48-43(58)41-50-44(59-53-41)45(3,4)5)39-36-24-31(25-47-40(36)52-51-39)29-7-10-32(11-8-29)55-20-18-54(19-21-55)17-16-28-6-12-34(37(46)23-28)35-14-15-38(56)49-42(35)57/h6-13,22-25,27,35H,14-21H2,1-5H3,(H,48,58)(H,47,51,52)(H,49,56,57)/t27?,35-/m1/s1. The molecule has 14 heteroatoms. The van der Waals surface area contributed by atoms with E-state index in [2.05, 4.69) is 77.2 Å². The van der Waals surface area contributed by atoms with E-state index in [0.29, 0.717) is 29.9 Å². The molecule has 0 aliphatic carbocycles. The van der Waals surface area contributed by atoms with E-state index in [4.69, 9.17) is 9.51 Å². The molecule has 0 saturated carbocycles. The third-order valence-electron chi connectivity index (χ3n) is 11.4. The number of nitrogens with one attached hydrogen (secondary N) is 3. The molecule has 0 radical (unpaired) electrons. The minimum Gasteiger partial charge on any atom is -0.369 e. The van der Waals surface area contributed by atoms with Gasteiger partial charge in [-0.1, -0.05) is 62.3 Å². The number of piperidine rings is 1. The minimum atomic E-state index is -0.624. The normalized spacial score (nSPS) is 17.0. The van der Waals surface area contributed by atoms with Crippen LogP contribution in [-0.4, -0.2) is 80.7 Å². The van der Waals surface area contributed by atoms with Crippen molar-refractivity contribution in [3.8, 4) is 22.4 Å². The zero-order valence-electron chi connectivity index (χ0n) is 33.9. The molecule has 3 aromatic carbocycles. The van der Waals surface area contributed by atoms with Crippen molar-refractivity contribution in [1.29, 1.82) is 0 Å². The lowest BCUT2D eigenvalue weighted by molar-refractivity contribution is -0.134. The molecule has 2 aliphatic heterocycles. The van der Waals surface area contributed by atoms with E-state index in [0.717, 1.165) is 82.9 Å². The van der Waals surface area contributed by atoms with Crippen LogP contribution in [-0.2, 0) is 21.4 Å². The number of carbonyl (C=O) groups is 3. The fourth-order valence-electron chi connectivity index (χ4n) is 7.93. The maximum Gasteiger partial charge on any atom is 0.293 e. The Kier molecular flexibility index (Phi) is 10.8. The van der Waals surface area contributed by atoms with Gasteiger partial charge in [0.15, 0.2) is 5.65 Å². The van der Waals surface area contributed by atoms with Gasteiger partial charge in [-0.3, -0.25) is 29.7 Å². The Morgan fingerprint density at radius 2 is 1.75 bits per heavy atom. The summed E-state index contributed by atoms with van der Waals surface area (Å²) in [7, 11) is 0. The molecule has 59 heavy (non-hydrogen) atoms. The van der Waals surface area contributed by atoms with Crippen LogP contribution < -0.4 is 15.5 Å². The van der Waals surface area contributed by atoms with Gasteiger partial charge in [0.05, 0.1) is 12.0 Å². The van der Waals surface area contributed by atoms with E-state index in [1.165, 1.54) is 6.07 Å². The second kappa shape index (κ2) is 16.2. The summed E-state index contributed by atoms with van der Waals surface area (Å²) >= 11 is 0. The van der Waals surface area contributed by atoms with Gasteiger partial charge in [-0.2, -0.15) is 10.1 Å². The van der Waals surface area contributed by atoms with Crippen molar-refractivity contribution in [2.75, 3.05) is 37.6 Å². The van der Waals surface area contributed by atoms with Crippen molar-refractivity contribution in [2.24, 2.45) is 0 Å². The molecule has 3 amide bonds. The maximum absolute atomic E-state index is 15.0. The highest BCUT2D eigenvalue weighted by Gasteiger charge is 2.30. The molecular weight excluding hydrogens is 750 g/mol. The molecule has 0 bridgehead atoms. The molecule has 8 rings (SSSR count). The van der Waals surface area contributed by atoms with Gasteiger partial charge in [0.1, 0.15) is 11.5 Å². The molecule has 2 aliphatic rings. The number of fused-ring (bicyclic) bond motifs is 1. The number of benzene rings is 3. The third-order valence-corrected chi connectivity index (χ3v) is 11.4. The number of hydrogen-bond acceptors (Lipinski definition) is 10. The lowest BCUT2D eigenvalue weighted by atomic mass is 9.89. The van der Waals surface area contributed by atoms with E-state index in [1.807, 2.05) is 59.0 Å². The van der Waals surface area contributed by atoms with Crippen LogP contribution in [0.5, 0.6) is 0 Å². The number of amides is 3. The monoisotopic (exact) mass is 797 g/mol. The van der Waals surface area contributed by atoms with Crippen LogP contribution in [0.2, 0.25) is 0 Å². The van der Waals surface area contributed by atoms with Gasteiger partial charge in [0, 0.05) is 78.5 Å². The second-order valence-electron chi connectivity index (χ2n) is 16.6. The number of aromatic nitrogens is 5. The third kappa shape index (κ3) is 8.49. The Morgan fingerprint density at radius 1 is 0.983 bits per heavy atom. The Balaban J connectivity index is 0.870. The fourth-order valence-corrected chi connectivity index (χ4v) is 7.93. The first-order chi connectivity index (χ1) is 28.3. The van der Waals surface area contributed by atoms with Crippen LogP contribution in [0.4, 0.5) is 10.1 Å². The van der Waals surface area contributed by atoms with E-state index in [-0.39, 0.29) is 35.4 Å². The second-order valence-corrected chi connectivity index (χ2v) is 16.6. The Bertz CT molecular complexity index is 2530. The summed E-state index contributed by atoms with van der Waals surface area (Å²) in [5, 5.41) is 17.8. The number of hydrogen-bond donors (Lipinski definition) is 3. The molecule has 3 aromatic heterocycles. The van der Waals surface area contributed by atoms with Gasteiger partial charge >= 0.3 is 0 Å². The minimum absolute atomic E-state index is 0.0120. The molecule has 2 fully saturated rings. The largest absolute Gasteiger partial charge is 0.369 e. The number of halogens is 1. The highest BCUT2D eigenvalue weighted by molar-refractivity contribution is 6.01. The molecule has 304 valence electrons. The lowest BCUT2D eigenvalue weighted by Gasteiger charge is -2.36. The number of carbonyl (C=O) groups excluding carboxylic acids is 3. The summed E-state index contributed by atoms with van der Waals surface area (Å²) in [6.07, 6.45) is 3.13. The fraction of sp³-hybridized carbons (Fsp3) is 0.356. The molecule has 2 atom stereocenters. The Labute approximate surface area is 341 Å². The number of H-pyrrole nitrogens is 1. The molecule has 0 spiro atoms. The van der Waals surface area contributed by atoms with Crippen molar-refractivity contribution in [3.05, 3.63) is 113 Å². The van der Waals surface area contributed by atoms with Crippen LogP contribution in [0.25, 0.3) is 33.4 Å². The van der Waals surface area contributed by atoms with Crippen molar-refractivity contribution in [3.63, 3.8) is 0 Å². The van der Waals surface area contributed by atoms with Crippen molar-refractivity contribution < 1.29 is 23.3 Å². The van der Waals surface area contributed by atoms with Crippen LogP contribution in [0.1, 0.15) is 91.3 Å². The van der Waals surface area contributed by atoms with E-state index in [9.17, 15) is 14.4 Å². The summed E-state index contributed by atoms with van der Waals surface area (Å²) in [4.78, 5) is 50.4. The smallest absolute Gasteiger partial charge is 0.293 e.